The molecule has 3 heteroatoms. The molecule has 14 heavy (non-hydrogen) atoms. The summed E-state index contributed by atoms with van der Waals surface area (Å²) in [4.78, 5) is 21.4. The minimum absolute atomic E-state index is 0.0324. The Morgan fingerprint density at radius 3 is 2.50 bits per heavy atom. The van der Waals surface area contributed by atoms with E-state index in [1.165, 1.54) is 0 Å². The molecule has 0 bridgehead atoms. The lowest BCUT2D eigenvalue weighted by Crippen LogP contribution is -2.04. The Morgan fingerprint density at radius 2 is 1.93 bits per heavy atom. The molecule has 0 aliphatic carbocycles. The maximum atomic E-state index is 10.8. The van der Waals surface area contributed by atoms with E-state index in [1.807, 2.05) is 4.57 Å². The van der Waals surface area contributed by atoms with Crippen molar-refractivity contribution in [3.63, 3.8) is 0 Å². The second kappa shape index (κ2) is 5.37. The lowest BCUT2D eigenvalue weighted by atomic mass is 10.2. The number of carbonyl (C=O) groups is 1. The van der Waals surface area contributed by atoms with Crippen LogP contribution in [0, 0.1) is 0 Å². The van der Waals surface area contributed by atoms with Crippen molar-refractivity contribution < 1.29 is 4.79 Å². The van der Waals surface area contributed by atoms with Crippen LogP contribution >= 0.6 is 0 Å². The molecule has 1 rings (SSSR count). The Labute approximate surface area is 83.4 Å². The van der Waals surface area contributed by atoms with Crippen molar-refractivity contribution in [2.45, 2.75) is 32.7 Å². The van der Waals surface area contributed by atoms with Gasteiger partial charge in [-0.15, -0.1) is 0 Å². The number of carbonyl (C=O) groups excluding carboxylic acids is 1. The average Bonchev–Trinajstić information content (AvgIpc) is 2.15. The van der Waals surface area contributed by atoms with E-state index in [0.717, 1.165) is 19.4 Å². The average molecular weight is 193 g/mol. The van der Waals surface area contributed by atoms with Crippen LogP contribution in [-0.4, -0.2) is 10.4 Å². The Kier molecular flexibility index (Phi) is 4.11. The van der Waals surface area contributed by atoms with Gasteiger partial charge in [0, 0.05) is 37.5 Å². The van der Waals surface area contributed by atoms with E-state index in [1.54, 1.807) is 31.5 Å². The topological polar surface area (TPSA) is 39.1 Å². The molecule has 0 aliphatic rings. The molecule has 0 spiro atoms. The standard InChI is InChI=1S/C11H15NO2/c1-10(13)4-2-3-7-12-8-5-11(14)6-9-12/h5-6,8-9H,2-4,7H2,1H3. The first-order valence-corrected chi connectivity index (χ1v) is 4.84. The first-order valence-electron chi connectivity index (χ1n) is 4.84. The minimum atomic E-state index is 0.0324. The van der Waals surface area contributed by atoms with Crippen LogP contribution in [0.1, 0.15) is 26.2 Å². The number of aromatic nitrogens is 1. The number of hydrogen-bond acceptors (Lipinski definition) is 2. The van der Waals surface area contributed by atoms with Crippen molar-refractivity contribution in [3.8, 4) is 0 Å². The van der Waals surface area contributed by atoms with E-state index in [4.69, 9.17) is 0 Å². The van der Waals surface area contributed by atoms with Crippen LogP contribution in [0.5, 0.6) is 0 Å². The van der Waals surface area contributed by atoms with Crippen molar-refractivity contribution in [1.82, 2.24) is 4.57 Å². The van der Waals surface area contributed by atoms with Gasteiger partial charge in [0.1, 0.15) is 5.78 Å². The summed E-state index contributed by atoms with van der Waals surface area (Å²) in [6.45, 7) is 2.48. The summed E-state index contributed by atoms with van der Waals surface area (Å²) in [6.07, 6.45) is 6.09. The molecule has 0 amide bonds. The lowest BCUT2D eigenvalue weighted by Gasteiger charge is -2.03. The van der Waals surface area contributed by atoms with Gasteiger partial charge in [-0.3, -0.25) is 4.79 Å². The molecule has 76 valence electrons. The highest BCUT2D eigenvalue weighted by Crippen LogP contribution is 1.98. The first-order chi connectivity index (χ1) is 6.68. The predicted molar refractivity (Wildman–Crippen MR) is 55.2 cm³/mol. The summed E-state index contributed by atoms with van der Waals surface area (Å²) in [7, 11) is 0. The summed E-state index contributed by atoms with van der Waals surface area (Å²) in [5.74, 6) is 0.241. The number of rotatable bonds is 5. The molecule has 0 saturated carbocycles. The van der Waals surface area contributed by atoms with Gasteiger partial charge in [-0.25, -0.2) is 0 Å². The SMILES string of the molecule is CC(=O)CCCCn1ccc(=O)cc1. The molecule has 1 aromatic rings. The van der Waals surface area contributed by atoms with E-state index in [-0.39, 0.29) is 11.2 Å². The number of unbranched alkanes of at least 4 members (excludes halogenated alkanes) is 1. The molecule has 0 unspecified atom stereocenters. The van der Waals surface area contributed by atoms with Crippen LogP contribution in [-0.2, 0) is 11.3 Å². The summed E-state index contributed by atoms with van der Waals surface area (Å²) in [5, 5.41) is 0. The van der Waals surface area contributed by atoms with Crippen molar-refractivity contribution in [2.75, 3.05) is 0 Å². The number of Topliss-reactive ketones (excluding diaryl/α,β-unsaturated/α-hetero) is 1. The molecule has 0 radical (unpaired) electrons. The largest absolute Gasteiger partial charge is 0.354 e. The summed E-state index contributed by atoms with van der Waals surface area (Å²) in [6, 6.07) is 3.09. The van der Waals surface area contributed by atoms with E-state index in [0.29, 0.717) is 6.42 Å². The highest BCUT2D eigenvalue weighted by atomic mass is 16.1. The van der Waals surface area contributed by atoms with Crippen LogP contribution in [0.15, 0.2) is 29.3 Å². The van der Waals surface area contributed by atoms with Crippen molar-refractivity contribution >= 4 is 5.78 Å². The number of nitrogens with zero attached hydrogens (tertiary/aromatic N) is 1. The zero-order valence-electron chi connectivity index (χ0n) is 8.40. The fourth-order valence-corrected chi connectivity index (χ4v) is 1.26. The second-order valence-corrected chi connectivity index (χ2v) is 3.43. The number of pyridine rings is 1. The molecular formula is C11H15NO2. The number of hydrogen-bond donors (Lipinski definition) is 0. The van der Waals surface area contributed by atoms with Gasteiger partial charge in [-0.2, -0.15) is 0 Å². The monoisotopic (exact) mass is 193 g/mol. The molecule has 0 fully saturated rings. The lowest BCUT2D eigenvalue weighted by molar-refractivity contribution is -0.117. The summed E-state index contributed by atoms with van der Waals surface area (Å²) < 4.78 is 1.96. The fourth-order valence-electron chi connectivity index (χ4n) is 1.26. The summed E-state index contributed by atoms with van der Waals surface area (Å²) in [5.41, 5.74) is 0.0324. The molecule has 0 atom stereocenters. The first kappa shape index (κ1) is 10.7. The predicted octanol–water partition coefficient (Wildman–Crippen LogP) is 1.61. The van der Waals surface area contributed by atoms with Gasteiger partial charge in [0.05, 0.1) is 0 Å². The van der Waals surface area contributed by atoms with Crippen LogP contribution in [0.4, 0.5) is 0 Å². The molecule has 0 N–H and O–H groups in total. The van der Waals surface area contributed by atoms with E-state index in [9.17, 15) is 9.59 Å². The maximum absolute atomic E-state index is 10.8. The van der Waals surface area contributed by atoms with Gasteiger partial charge in [-0.1, -0.05) is 0 Å². The van der Waals surface area contributed by atoms with Crippen molar-refractivity contribution in [1.29, 1.82) is 0 Å². The Balaban J connectivity index is 2.28. The number of ketones is 1. The molecular weight excluding hydrogens is 178 g/mol. The van der Waals surface area contributed by atoms with E-state index >= 15 is 0 Å². The Hall–Kier alpha value is -1.38. The normalized spacial score (nSPS) is 10.1. The third-order valence-corrected chi connectivity index (χ3v) is 2.06. The molecule has 0 aliphatic heterocycles. The maximum Gasteiger partial charge on any atom is 0.181 e. The number of aryl methyl sites for hydroxylation is 1. The second-order valence-electron chi connectivity index (χ2n) is 3.43. The van der Waals surface area contributed by atoms with Crippen LogP contribution in [0.2, 0.25) is 0 Å². The van der Waals surface area contributed by atoms with Crippen molar-refractivity contribution in [2.24, 2.45) is 0 Å². The molecule has 3 nitrogen and oxygen atoms in total. The third kappa shape index (κ3) is 4.03. The Morgan fingerprint density at radius 1 is 1.29 bits per heavy atom. The zero-order chi connectivity index (χ0) is 10.4. The molecule has 1 aromatic heterocycles. The molecule has 1 heterocycles. The van der Waals surface area contributed by atoms with Crippen LogP contribution < -0.4 is 5.43 Å². The van der Waals surface area contributed by atoms with Gasteiger partial charge < -0.3 is 9.36 Å². The summed E-state index contributed by atoms with van der Waals surface area (Å²) >= 11 is 0. The highest BCUT2D eigenvalue weighted by molar-refractivity contribution is 5.75. The third-order valence-electron chi connectivity index (χ3n) is 2.06. The van der Waals surface area contributed by atoms with E-state index < -0.39 is 0 Å². The fraction of sp³-hybridized carbons (Fsp3) is 0.455. The quantitative estimate of drug-likeness (QED) is 0.666. The minimum Gasteiger partial charge on any atom is -0.354 e. The highest BCUT2D eigenvalue weighted by Gasteiger charge is 1.94. The van der Waals surface area contributed by atoms with E-state index in [2.05, 4.69) is 0 Å². The van der Waals surface area contributed by atoms with Gasteiger partial charge in [0.15, 0.2) is 5.43 Å². The van der Waals surface area contributed by atoms with Crippen LogP contribution in [0.25, 0.3) is 0 Å². The Bertz CT molecular complexity index is 334. The molecule has 0 aromatic carbocycles. The zero-order valence-corrected chi connectivity index (χ0v) is 8.40. The van der Waals surface area contributed by atoms with Crippen molar-refractivity contribution in [3.05, 3.63) is 34.7 Å². The molecule has 0 saturated heterocycles. The smallest absolute Gasteiger partial charge is 0.181 e. The van der Waals surface area contributed by atoms with Gasteiger partial charge in [-0.05, 0) is 19.8 Å². The van der Waals surface area contributed by atoms with Crippen LogP contribution in [0.3, 0.4) is 0 Å². The van der Waals surface area contributed by atoms with Gasteiger partial charge in [0.25, 0.3) is 0 Å². The van der Waals surface area contributed by atoms with Gasteiger partial charge >= 0.3 is 0 Å². The van der Waals surface area contributed by atoms with Gasteiger partial charge in [0.2, 0.25) is 0 Å².